The van der Waals surface area contributed by atoms with Crippen molar-refractivity contribution in [2.45, 2.75) is 83.2 Å². The van der Waals surface area contributed by atoms with Gasteiger partial charge in [0.15, 0.2) is 0 Å². The molecule has 15 heteroatoms. The molecule has 334 valence electrons. The molecule has 0 saturated carbocycles. The van der Waals surface area contributed by atoms with E-state index in [1.807, 2.05) is 52.3 Å². The van der Waals surface area contributed by atoms with E-state index in [9.17, 15) is 24.0 Å². The number of anilines is 3. The number of benzene rings is 3. The van der Waals surface area contributed by atoms with Gasteiger partial charge in [-0.15, -0.1) is 0 Å². The van der Waals surface area contributed by atoms with Crippen LogP contribution >= 0.6 is 11.6 Å². The Hall–Kier alpha value is -6.67. The molecule has 5 aromatic rings. The molecule has 1 spiro atoms. The van der Waals surface area contributed by atoms with Gasteiger partial charge in [-0.1, -0.05) is 79.4 Å². The molecule has 1 unspecified atom stereocenters. The van der Waals surface area contributed by atoms with E-state index in [0.29, 0.717) is 97.8 Å². The number of piperidine rings is 2. The van der Waals surface area contributed by atoms with Crippen LogP contribution in [0.3, 0.4) is 0 Å². The first-order chi connectivity index (χ1) is 31.6. The van der Waals surface area contributed by atoms with Crippen LogP contribution < -0.4 is 20.3 Å². The summed E-state index contributed by atoms with van der Waals surface area (Å²) in [5, 5.41) is 6.02. The van der Waals surface area contributed by atoms with Crippen molar-refractivity contribution in [3.63, 3.8) is 0 Å². The van der Waals surface area contributed by atoms with Gasteiger partial charge in [0.1, 0.15) is 11.8 Å². The number of unbranched alkanes of at least 4 members (excludes halogenated alkanes) is 4. The number of pyridine rings is 1. The van der Waals surface area contributed by atoms with Crippen molar-refractivity contribution in [3.05, 3.63) is 114 Å². The van der Waals surface area contributed by atoms with E-state index in [1.165, 1.54) is 4.90 Å². The fraction of sp³-hybridized carbons (Fsp3) is 0.360. The molecule has 65 heavy (non-hydrogen) atoms. The summed E-state index contributed by atoms with van der Waals surface area (Å²) in [7, 11) is 0. The summed E-state index contributed by atoms with van der Waals surface area (Å²) in [6.45, 7) is 2.59. The quantitative estimate of drug-likeness (QED) is 0.0774. The molecular formula is C50H51ClN8O6. The van der Waals surface area contributed by atoms with E-state index in [1.54, 1.807) is 30.7 Å². The Labute approximate surface area is 382 Å². The van der Waals surface area contributed by atoms with Gasteiger partial charge in [0.25, 0.3) is 5.91 Å². The fourth-order valence-electron chi connectivity index (χ4n) is 9.49. The minimum absolute atomic E-state index is 0.0820. The maximum Gasteiger partial charge on any atom is 0.255 e. The molecule has 5 amide bonds. The number of carbonyl (C=O) groups is 5. The third kappa shape index (κ3) is 9.58. The molecule has 9 rings (SSSR count). The zero-order chi connectivity index (χ0) is 44.9. The Morgan fingerprint density at radius 1 is 0.831 bits per heavy atom. The van der Waals surface area contributed by atoms with Crippen LogP contribution in [0.15, 0.2) is 97.5 Å². The average Bonchev–Trinajstić information content (AvgIpc) is 3.82. The van der Waals surface area contributed by atoms with Gasteiger partial charge in [-0.3, -0.25) is 34.3 Å². The number of ether oxygens (including phenoxy) is 1. The zero-order valence-electron chi connectivity index (χ0n) is 36.1. The monoisotopic (exact) mass is 894 g/mol. The molecule has 3 fully saturated rings. The van der Waals surface area contributed by atoms with Crippen LogP contribution in [0.2, 0.25) is 5.02 Å². The molecule has 2 N–H and O–H groups in total. The molecule has 3 aromatic carbocycles. The number of amides is 5. The number of carbonyl (C=O) groups excluding carboxylic acids is 5. The SMILES string of the molecule is O=C1CCC(N2Cc3cc(OCCCCCCCC(=O)N4CCC5(CC4)CCN(c4cncc(Nc6ncc(Cl)c(-c7cccc(-c8ccccc8)c7)n6)c4)C5=O)ccc3C2=O)C(=O)N1. The van der Waals surface area contributed by atoms with Crippen molar-refractivity contribution in [2.24, 2.45) is 5.41 Å². The largest absolute Gasteiger partial charge is 0.494 e. The van der Waals surface area contributed by atoms with Crippen LogP contribution in [0.1, 0.15) is 86.6 Å². The Kier molecular flexibility index (Phi) is 12.9. The Morgan fingerprint density at radius 3 is 2.43 bits per heavy atom. The van der Waals surface area contributed by atoms with Gasteiger partial charge in [-0.2, -0.15) is 0 Å². The molecule has 6 heterocycles. The lowest BCUT2D eigenvalue weighted by atomic mass is 9.77. The van der Waals surface area contributed by atoms with Gasteiger partial charge in [0.2, 0.25) is 29.6 Å². The van der Waals surface area contributed by atoms with Crippen molar-refractivity contribution in [2.75, 3.05) is 36.5 Å². The fourth-order valence-corrected chi connectivity index (χ4v) is 9.69. The number of imide groups is 1. The van der Waals surface area contributed by atoms with E-state index in [0.717, 1.165) is 60.8 Å². The molecule has 0 bridgehead atoms. The molecule has 4 aliphatic rings. The van der Waals surface area contributed by atoms with Gasteiger partial charge >= 0.3 is 0 Å². The van der Waals surface area contributed by atoms with E-state index in [-0.39, 0.29) is 30.0 Å². The summed E-state index contributed by atoms with van der Waals surface area (Å²) in [6.07, 6.45) is 12.6. The minimum atomic E-state index is -0.641. The molecular weight excluding hydrogens is 844 g/mol. The van der Waals surface area contributed by atoms with Gasteiger partial charge in [-0.25, -0.2) is 9.97 Å². The number of nitrogens with zero attached hydrogens (tertiary/aromatic N) is 6. The second kappa shape index (κ2) is 19.2. The van der Waals surface area contributed by atoms with Crippen molar-refractivity contribution < 1.29 is 28.7 Å². The van der Waals surface area contributed by atoms with Gasteiger partial charge in [0, 0.05) is 50.1 Å². The van der Waals surface area contributed by atoms with Crippen molar-refractivity contribution >= 4 is 58.5 Å². The highest BCUT2D eigenvalue weighted by molar-refractivity contribution is 6.33. The summed E-state index contributed by atoms with van der Waals surface area (Å²) in [4.78, 5) is 83.0. The molecule has 2 aromatic heterocycles. The van der Waals surface area contributed by atoms with E-state index < -0.39 is 17.4 Å². The molecule has 4 aliphatic heterocycles. The lowest BCUT2D eigenvalue weighted by Gasteiger charge is -2.38. The first kappa shape index (κ1) is 43.6. The van der Waals surface area contributed by atoms with Crippen LogP contribution in [0, 0.1) is 5.41 Å². The number of hydrogen-bond donors (Lipinski definition) is 2. The van der Waals surface area contributed by atoms with Crippen LogP contribution in [0.25, 0.3) is 22.4 Å². The van der Waals surface area contributed by atoms with Crippen LogP contribution in [0.4, 0.5) is 17.3 Å². The minimum Gasteiger partial charge on any atom is -0.494 e. The molecule has 1 atom stereocenters. The smallest absolute Gasteiger partial charge is 0.255 e. The Morgan fingerprint density at radius 2 is 1.60 bits per heavy atom. The zero-order valence-corrected chi connectivity index (χ0v) is 36.9. The molecule has 3 saturated heterocycles. The molecule has 0 aliphatic carbocycles. The van der Waals surface area contributed by atoms with E-state index in [2.05, 4.69) is 44.9 Å². The van der Waals surface area contributed by atoms with E-state index >= 15 is 0 Å². The second-order valence-corrected chi connectivity index (χ2v) is 17.8. The van der Waals surface area contributed by atoms with Gasteiger partial charge < -0.3 is 24.8 Å². The summed E-state index contributed by atoms with van der Waals surface area (Å²) in [5.74, 6) is 0.344. The van der Waals surface area contributed by atoms with Crippen molar-refractivity contribution in [3.8, 4) is 28.1 Å². The first-order valence-corrected chi connectivity index (χ1v) is 22.9. The third-order valence-corrected chi connectivity index (χ3v) is 13.4. The average molecular weight is 895 g/mol. The highest BCUT2D eigenvalue weighted by Gasteiger charge is 2.49. The number of aromatic nitrogens is 3. The Balaban J connectivity index is 0.692. The lowest BCUT2D eigenvalue weighted by Crippen LogP contribution is -2.52. The summed E-state index contributed by atoms with van der Waals surface area (Å²) < 4.78 is 5.99. The molecule has 14 nitrogen and oxygen atoms in total. The number of hydrogen-bond acceptors (Lipinski definition) is 10. The van der Waals surface area contributed by atoms with Crippen LogP contribution in [-0.2, 0) is 25.7 Å². The third-order valence-electron chi connectivity index (χ3n) is 13.2. The van der Waals surface area contributed by atoms with Gasteiger partial charge in [0.05, 0.1) is 52.7 Å². The van der Waals surface area contributed by atoms with Crippen molar-refractivity contribution in [1.82, 2.24) is 30.1 Å². The topological polar surface area (TPSA) is 167 Å². The first-order valence-electron chi connectivity index (χ1n) is 22.5. The maximum absolute atomic E-state index is 14.0. The number of rotatable bonds is 15. The highest BCUT2D eigenvalue weighted by Crippen LogP contribution is 2.44. The second-order valence-electron chi connectivity index (χ2n) is 17.3. The summed E-state index contributed by atoms with van der Waals surface area (Å²) in [5.41, 5.74) is 5.85. The number of fused-ring (bicyclic) bond motifs is 1. The number of likely N-dealkylation sites (tertiary alicyclic amines) is 1. The summed E-state index contributed by atoms with van der Waals surface area (Å²) >= 11 is 6.60. The number of nitrogens with one attached hydrogen (secondary N) is 2. The predicted molar refractivity (Wildman–Crippen MR) is 246 cm³/mol. The van der Waals surface area contributed by atoms with Gasteiger partial charge in [-0.05, 0) is 85.5 Å². The van der Waals surface area contributed by atoms with E-state index in [4.69, 9.17) is 21.3 Å². The normalized spacial score (nSPS) is 18.0. The Bertz CT molecular complexity index is 2620. The van der Waals surface area contributed by atoms with Crippen molar-refractivity contribution in [1.29, 1.82) is 0 Å². The molecule has 0 radical (unpaired) electrons. The lowest BCUT2D eigenvalue weighted by molar-refractivity contribution is -0.137. The number of halogens is 1. The summed E-state index contributed by atoms with van der Waals surface area (Å²) in [6, 6.07) is 24.8. The predicted octanol–water partition coefficient (Wildman–Crippen LogP) is 8.13. The van der Waals surface area contributed by atoms with Crippen LogP contribution in [0.5, 0.6) is 5.75 Å². The van der Waals surface area contributed by atoms with Crippen LogP contribution in [-0.4, -0.2) is 86.6 Å². The maximum atomic E-state index is 14.0. The standard InChI is InChI=1S/C50H51ClN8O6/c51-41-31-53-49(56-45(41)35-13-9-12-34(26-35)33-10-5-4-6-11-33)54-37-28-38(30-52-29-37)58-24-21-50(48(58)64)19-22-57(23-20-50)44(61)14-7-2-1-3-8-25-65-39-15-16-40-36(27-39)32-59(47(40)63)42-17-18-43(60)55-46(42)62/h4-6,9-13,15-16,26-31,42H,1-3,7-8,14,17-25,32H2,(H,53,54,56)(H,55,60,62). The highest BCUT2D eigenvalue weighted by atomic mass is 35.5.